The number of carbonyl (C=O) groups excluding carboxylic acids is 1. The molecule has 0 unspecified atom stereocenters. The third-order valence-corrected chi connectivity index (χ3v) is 5.52. The summed E-state index contributed by atoms with van der Waals surface area (Å²) in [6, 6.07) is 12.5. The number of hydrogen-bond acceptors (Lipinski definition) is 6. The Morgan fingerprint density at radius 3 is 2.75 bits per heavy atom. The zero-order chi connectivity index (χ0) is 19.5. The van der Waals surface area contributed by atoms with Crippen molar-refractivity contribution in [3.8, 4) is 11.5 Å². The van der Waals surface area contributed by atoms with Crippen LogP contribution in [0.15, 0.2) is 52.4 Å². The second kappa shape index (κ2) is 8.06. The van der Waals surface area contributed by atoms with Gasteiger partial charge in [0.2, 0.25) is 0 Å². The number of ether oxygens (including phenoxy) is 2. The van der Waals surface area contributed by atoms with E-state index in [0.29, 0.717) is 52.9 Å². The van der Waals surface area contributed by atoms with Gasteiger partial charge in [-0.05, 0) is 37.3 Å². The molecule has 3 aromatic rings. The average molecular weight is 396 g/mol. The summed E-state index contributed by atoms with van der Waals surface area (Å²) >= 11 is 1.28. The number of aromatic nitrogens is 2. The van der Waals surface area contributed by atoms with Crippen molar-refractivity contribution in [3.63, 3.8) is 0 Å². The largest absolute Gasteiger partial charge is 0.490 e. The molecule has 4 rings (SSSR count). The van der Waals surface area contributed by atoms with Crippen molar-refractivity contribution in [2.24, 2.45) is 0 Å². The van der Waals surface area contributed by atoms with Crippen molar-refractivity contribution in [2.75, 3.05) is 19.0 Å². The number of fused-ring (bicyclic) bond motifs is 2. The maximum Gasteiger partial charge on any atom is 0.262 e. The summed E-state index contributed by atoms with van der Waals surface area (Å²) in [4.78, 5) is 30.0. The Labute approximate surface area is 166 Å². The SMILES string of the molecule is CCn1c(SCC(=O)c2ccc3c(c2)OCCCO3)nc2ccccc2c1=O. The van der Waals surface area contributed by atoms with Gasteiger partial charge in [-0.3, -0.25) is 14.2 Å². The van der Waals surface area contributed by atoms with Crippen LogP contribution < -0.4 is 15.0 Å². The fraction of sp³-hybridized carbons (Fsp3) is 0.286. The number of carbonyl (C=O) groups is 1. The summed E-state index contributed by atoms with van der Waals surface area (Å²) in [5, 5.41) is 1.14. The minimum absolute atomic E-state index is 0.0503. The molecule has 1 aromatic heterocycles. The van der Waals surface area contributed by atoms with E-state index in [4.69, 9.17) is 9.47 Å². The number of rotatable bonds is 5. The molecule has 2 aromatic carbocycles. The van der Waals surface area contributed by atoms with Crippen LogP contribution in [-0.4, -0.2) is 34.3 Å². The highest BCUT2D eigenvalue weighted by Crippen LogP contribution is 2.31. The van der Waals surface area contributed by atoms with Crippen LogP contribution in [0.2, 0.25) is 0 Å². The van der Waals surface area contributed by atoms with Gasteiger partial charge in [-0.1, -0.05) is 23.9 Å². The second-order valence-electron chi connectivity index (χ2n) is 6.38. The molecule has 0 bridgehead atoms. The van der Waals surface area contributed by atoms with E-state index in [1.54, 1.807) is 28.8 Å². The minimum atomic E-state index is -0.0846. The van der Waals surface area contributed by atoms with Gasteiger partial charge in [0, 0.05) is 18.5 Å². The lowest BCUT2D eigenvalue weighted by Gasteiger charge is -2.11. The van der Waals surface area contributed by atoms with Crippen LogP contribution in [0.4, 0.5) is 0 Å². The van der Waals surface area contributed by atoms with Gasteiger partial charge in [0.15, 0.2) is 22.4 Å². The van der Waals surface area contributed by atoms with Gasteiger partial charge in [0.05, 0.1) is 29.9 Å². The van der Waals surface area contributed by atoms with Crippen molar-refractivity contribution < 1.29 is 14.3 Å². The predicted molar refractivity (Wildman–Crippen MR) is 109 cm³/mol. The van der Waals surface area contributed by atoms with E-state index in [-0.39, 0.29) is 17.1 Å². The van der Waals surface area contributed by atoms with Crippen LogP contribution >= 0.6 is 11.8 Å². The number of nitrogens with zero attached hydrogens (tertiary/aromatic N) is 2. The normalized spacial score (nSPS) is 13.3. The number of ketones is 1. The third-order valence-electron chi connectivity index (χ3n) is 4.54. The quantitative estimate of drug-likeness (QED) is 0.373. The molecule has 0 atom stereocenters. The summed E-state index contributed by atoms with van der Waals surface area (Å²) in [6.07, 6.45) is 0.815. The Morgan fingerprint density at radius 2 is 1.93 bits per heavy atom. The smallest absolute Gasteiger partial charge is 0.262 e. The van der Waals surface area contributed by atoms with Gasteiger partial charge in [0.25, 0.3) is 5.56 Å². The lowest BCUT2D eigenvalue weighted by Crippen LogP contribution is -2.22. The molecule has 0 amide bonds. The Hall–Kier alpha value is -2.80. The molecule has 0 aliphatic carbocycles. The number of hydrogen-bond donors (Lipinski definition) is 0. The van der Waals surface area contributed by atoms with Gasteiger partial charge in [-0.25, -0.2) is 4.98 Å². The molecule has 0 saturated heterocycles. The minimum Gasteiger partial charge on any atom is -0.490 e. The van der Waals surface area contributed by atoms with Gasteiger partial charge in [0.1, 0.15) is 0 Å². The molecule has 28 heavy (non-hydrogen) atoms. The predicted octanol–water partition coefficient (Wildman–Crippen LogP) is 3.55. The molecule has 6 nitrogen and oxygen atoms in total. The molecule has 0 fully saturated rings. The molecule has 144 valence electrons. The van der Waals surface area contributed by atoms with Crippen molar-refractivity contribution in [3.05, 3.63) is 58.4 Å². The van der Waals surface area contributed by atoms with E-state index in [2.05, 4.69) is 4.98 Å². The maximum absolute atomic E-state index is 12.7. The topological polar surface area (TPSA) is 70.4 Å². The van der Waals surface area contributed by atoms with E-state index in [9.17, 15) is 9.59 Å². The Bertz CT molecular complexity index is 1090. The number of thioether (sulfide) groups is 1. The molecule has 0 saturated carbocycles. The van der Waals surface area contributed by atoms with Gasteiger partial charge < -0.3 is 9.47 Å². The Morgan fingerprint density at radius 1 is 1.14 bits per heavy atom. The van der Waals surface area contributed by atoms with E-state index in [1.165, 1.54) is 11.8 Å². The molecular weight excluding hydrogens is 376 g/mol. The molecule has 0 N–H and O–H groups in total. The van der Waals surface area contributed by atoms with Crippen LogP contribution in [0.3, 0.4) is 0 Å². The number of benzene rings is 2. The standard InChI is InChI=1S/C21H20N2O4S/c1-2-23-20(25)15-6-3-4-7-16(15)22-21(23)28-13-17(24)14-8-9-18-19(12-14)27-11-5-10-26-18/h3-4,6-9,12H,2,5,10-11,13H2,1H3. The maximum atomic E-state index is 12.7. The van der Waals surface area contributed by atoms with Crippen molar-refractivity contribution >= 4 is 28.4 Å². The first-order valence-electron chi connectivity index (χ1n) is 9.22. The summed E-state index contributed by atoms with van der Waals surface area (Å²) in [5.41, 5.74) is 1.12. The van der Waals surface area contributed by atoms with Crippen LogP contribution in [0.5, 0.6) is 11.5 Å². The fourth-order valence-electron chi connectivity index (χ4n) is 3.09. The molecule has 2 heterocycles. The summed E-state index contributed by atoms with van der Waals surface area (Å²) in [5.74, 6) is 1.40. The zero-order valence-electron chi connectivity index (χ0n) is 15.5. The fourth-order valence-corrected chi connectivity index (χ4v) is 4.04. The summed E-state index contributed by atoms with van der Waals surface area (Å²) in [7, 11) is 0. The Balaban J connectivity index is 1.57. The highest BCUT2D eigenvalue weighted by molar-refractivity contribution is 7.99. The summed E-state index contributed by atoms with van der Waals surface area (Å²) in [6.45, 7) is 3.58. The van der Waals surface area contributed by atoms with Gasteiger partial charge in [-0.15, -0.1) is 0 Å². The molecular formula is C21H20N2O4S. The number of para-hydroxylation sites is 1. The first kappa shape index (κ1) is 18.6. The Kier molecular flexibility index (Phi) is 5.34. The van der Waals surface area contributed by atoms with Crippen LogP contribution in [0.25, 0.3) is 10.9 Å². The lowest BCUT2D eigenvalue weighted by atomic mass is 10.1. The van der Waals surface area contributed by atoms with Gasteiger partial charge >= 0.3 is 0 Å². The highest BCUT2D eigenvalue weighted by Gasteiger charge is 2.16. The van der Waals surface area contributed by atoms with E-state index in [0.717, 1.165) is 6.42 Å². The second-order valence-corrected chi connectivity index (χ2v) is 7.33. The zero-order valence-corrected chi connectivity index (χ0v) is 16.3. The lowest BCUT2D eigenvalue weighted by molar-refractivity contribution is 0.102. The molecule has 1 aliphatic rings. The van der Waals surface area contributed by atoms with Crippen LogP contribution in [0.1, 0.15) is 23.7 Å². The average Bonchev–Trinajstić information content (AvgIpc) is 2.97. The molecule has 1 aliphatic heterocycles. The highest BCUT2D eigenvalue weighted by atomic mass is 32.2. The first-order chi connectivity index (χ1) is 13.7. The van der Waals surface area contributed by atoms with E-state index < -0.39 is 0 Å². The van der Waals surface area contributed by atoms with Crippen molar-refractivity contribution in [1.29, 1.82) is 0 Å². The van der Waals surface area contributed by atoms with E-state index in [1.807, 2.05) is 25.1 Å². The summed E-state index contributed by atoms with van der Waals surface area (Å²) < 4.78 is 12.9. The third kappa shape index (κ3) is 3.62. The molecule has 7 heteroatoms. The monoisotopic (exact) mass is 396 g/mol. The van der Waals surface area contributed by atoms with Crippen LogP contribution in [-0.2, 0) is 6.54 Å². The van der Waals surface area contributed by atoms with Crippen molar-refractivity contribution in [2.45, 2.75) is 25.0 Å². The molecule has 0 radical (unpaired) electrons. The van der Waals surface area contributed by atoms with E-state index >= 15 is 0 Å². The molecule has 0 spiro atoms. The van der Waals surface area contributed by atoms with Crippen molar-refractivity contribution in [1.82, 2.24) is 9.55 Å². The first-order valence-corrected chi connectivity index (χ1v) is 10.2. The van der Waals surface area contributed by atoms with Gasteiger partial charge in [-0.2, -0.15) is 0 Å². The van der Waals surface area contributed by atoms with Crippen LogP contribution in [0, 0.1) is 0 Å². The number of Topliss-reactive ketones (excluding diaryl/α,β-unsaturated/α-hetero) is 1.